The molecule has 1 aliphatic heterocycles. The van der Waals surface area contributed by atoms with Gasteiger partial charge >= 0.3 is 11.9 Å². The summed E-state index contributed by atoms with van der Waals surface area (Å²) in [5.41, 5.74) is -0.757. The number of carbonyl (C=O) groups is 5. The van der Waals surface area contributed by atoms with Gasteiger partial charge in [-0.05, 0) is 6.08 Å². The van der Waals surface area contributed by atoms with Gasteiger partial charge in [0.25, 0.3) is 5.79 Å². The maximum absolute atomic E-state index is 12.5. The number of carbonyl (C=O) groups excluding carboxylic acids is 4. The Morgan fingerprint density at radius 2 is 1.81 bits per heavy atom. The Balaban J connectivity index is 2.34. The fourth-order valence-electron chi connectivity index (χ4n) is 2.41. The molecule has 0 aromatic carbocycles. The smallest absolute Gasteiger partial charge is 0.364 e. The van der Waals surface area contributed by atoms with Crippen LogP contribution in [0.3, 0.4) is 0 Å². The lowest BCUT2D eigenvalue weighted by molar-refractivity contribution is -0.304. The molecule has 31 heavy (non-hydrogen) atoms. The van der Waals surface area contributed by atoms with E-state index in [-0.39, 0.29) is 37.1 Å². The Hall–Kier alpha value is -2.44. The summed E-state index contributed by atoms with van der Waals surface area (Å²) in [7, 11) is 1.20. The van der Waals surface area contributed by atoms with E-state index in [1.165, 1.54) is 14.0 Å². The zero-order valence-electron chi connectivity index (χ0n) is 17.9. The van der Waals surface area contributed by atoms with Crippen LogP contribution >= 0.6 is 11.8 Å². The predicted octanol–water partition coefficient (Wildman–Crippen LogP) is -0.160. The van der Waals surface area contributed by atoms with Crippen molar-refractivity contribution in [2.24, 2.45) is 5.41 Å². The number of rotatable bonds is 10. The molecular weight excluding hydrogens is 432 g/mol. The topological polar surface area (TPSA) is 157 Å². The summed E-state index contributed by atoms with van der Waals surface area (Å²) >= 11 is 0.926. The van der Waals surface area contributed by atoms with E-state index in [1.54, 1.807) is 13.8 Å². The molecule has 0 aromatic rings. The lowest BCUT2D eigenvalue weighted by Gasteiger charge is -2.44. The van der Waals surface area contributed by atoms with Crippen LogP contribution in [0, 0.1) is 5.41 Å². The molecule has 2 atom stereocenters. The fourth-order valence-corrected chi connectivity index (χ4v) is 2.98. The largest absolute Gasteiger partial charge is 0.477 e. The van der Waals surface area contributed by atoms with E-state index < -0.39 is 35.2 Å². The average molecular weight is 461 g/mol. The van der Waals surface area contributed by atoms with Gasteiger partial charge in [-0.25, -0.2) is 9.59 Å². The second kappa shape index (κ2) is 11.8. The van der Waals surface area contributed by atoms with E-state index in [4.69, 9.17) is 9.47 Å². The van der Waals surface area contributed by atoms with Gasteiger partial charge in [-0.15, -0.1) is 0 Å². The zero-order chi connectivity index (χ0) is 23.7. The molecule has 11 nitrogen and oxygen atoms in total. The van der Waals surface area contributed by atoms with Crippen LogP contribution in [0.15, 0.2) is 12.2 Å². The summed E-state index contributed by atoms with van der Waals surface area (Å²) in [6.45, 7) is 4.92. The summed E-state index contributed by atoms with van der Waals surface area (Å²) in [4.78, 5) is 58.0. The van der Waals surface area contributed by atoms with E-state index in [2.05, 4.69) is 15.4 Å². The minimum Gasteiger partial charge on any atom is -0.477 e. The number of hydrogen-bond acceptors (Lipinski definition) is 9. The predicted molar refractivity (Wildman–Crippen MR) is 110 cm³/mol. The van der Waals surface area contributed by atoms with Gasteiger partial charge in [0.15, 0.2) is 0 Å². The van der Waals surface area contributed by atoms with Crippen LogP contribution in [0.4, 0.5) is 0 Å². The minimum absolute atomic E-state index is 0.00750. The molecule has 1 aliphatic rings. The Morgan fingerprint density at radius 3 is 2.42 bits per heavy atom. The van der Waals surface area contributed by atoms with Crippen LogP contribution in [0.5, 0.6) is 0 Å². The van der Waals surface area contributed by atoms with Gasteiger partial charge in [0, 0.05) is 43.7 Å². The Labute approximate surface area is 184 Å². The quantitative estimate of drug-likeness (QED) is 0.227. The molecule has 174 valence electrons. The average Bonchev–Trinajstić information content (AvgIpc) is 2.71. The molecule has 3 N–H and O–H groups in total. The van der Waals surface area contributed by atoms with Crippen LogP contribution in [0.1, 0.15) is 27.2 Å². The van der Waals surface area contributed by atoms with Crippen LogP contribution in [-0.4, -0.2) is 78.4 Å². The van der Waals surface area contributed by atoms with Gasteiger partial charge in [0.05, 0.1) is 13.7 Å². The number of carboxylic acids is 1. The normalized spacial score (nSPS) is 22.5. The maximum atomic E-state index is 12.5. The molecule has 0 spiro atoms. The molecule has 0 saturated carbocycles. The van der Waals surface area contributed by atoms with Gasteiger partial charge in [-0.3, -0.25) is 14.4 Å². The van der Waals surface area contributed by atoms with Crippen molar-refractivity contribution in [2.45, 2.75) is 39.1 Å². The molecule has 1 unspecified atom stereocenters. The van der Waals surface area contributed by atoms with Crippen molar-refractivity contribution in [3.63, 3.8) is 0 Å². The summed E-state index contributed by atoms with van der Waals surface area (Å²) < 4.78 is 15.0. The van der Waals surface area contributed by atoms with Crippen LogP contribution in [0.25, 0.3) is 0 Å². The molecule has 0 aromatic heterocycles. The third kappa shape index (κ3) is 8.67. The highest BCUT2D eigenvalue weighted by molar-refractivity contribution is 8.14. The fraction of sp³-hybridized carbons (Fsp3) is 0.632. The van der Waals surface area contributed by atoms with E-state index in [0.29, 0.717) is 5.75 Å². The Morgan fingerprint density at radius 1 is 1.13 bits per heavy atom. The number of hydrogen-bond donors (Lipinski definition) is 3. The highest BCUT2D eigenvalue weighted by Gasteiger charge is 2.51. The Kier molecular flexibility index (Phi) is 10.1. The first-order valence-electron chi connectivity index (χ1n) is 9.43. The zero-order valence-corrected chi connectivity index (χ0v) is 18.7. The summed E-state index contributed by atoms with van der Waals surface area (Å²) in [5.74, 6) is -4.45. The number of amides is 2. The number of carboxylic acid groups (broad SMARTS) is 1. The monoisotopic (exact) mass is 460 g/mol. The second-order valence-electron chi connectivity index (χ2n) is 7.44. The van der Waals surface area contributed by atoms with Crippen LogP contribution in [-0.2, 0) is 38.2 Å². The van der Waals surface area contributed by atoms with Crippen molar-refractivity contribution >= 4 is 40.6 Å². The van der Waals surface area contributed by atoms with Crippen molar-refractivity contribution < 1.29 is 43.3 Å². The third-order valence-electron chi connectivity index (χ3n) is 4.28. The molecule has 1 rings (SSSR count). The second-order valence-corrected chi connectivity index (χ2v) is 8.54. The summed E-state index contributed by atoms with van der Waals surface area (Å²) in [5, 5.41) is 14.1. The van der Waals surface area contributed by atoms with E-state index in [9.17, 15) is 29.1 Å². The molecule has 0 bridgehead atoms. The molecular formula is C19H28N2O9S. The molecule has 1 fully saturated rings. The van der Waals surface area contributed by atoms with Crippen LogP contribution < -0.4 is 10.6 Å². The first-order valence-corrected chi connectivity index (χ1v) is 10.4. The third-order valence-corrected chi connectivity index (χ3v) is 5.10. The number of ether oxygens (including phenoxy) is 3. The molecule has 0 radical (unpaired) electrons. The van der Waals surface area contributed by atoms with Crippen molar-refractivity contribution in [1.82, 2.24) is 10.6 Å². The molecule has 12 heteroatoms. The lowest BCUT2D eigenvalue weighted by atomic mass is 9.85. The summed E-state index contributed by atoms with van der Waals surface area (Å²) in [6, 6.07) is 0. The SMILES string of the molecule is COC(=O)/C=C/C(=O)SCCNC(=O)CCNC(=O)[C@@H]1OC(C)(C(=O)O)OCC1(C)C. The highest BCUT2D eigenvalue weighted by atomic mass is 32.2. The number of thioether (sulfide) groups is 1. The van der Waals surface area contributed by atoms with E-state index >= 15 is 0 Å². The van der Waals surface area contributed by atoms with E-state index in [0.717, 1.165) is 23.9 Å². The molecule has 1 saturated heterocycles. The number of methoxy groups -OCH3 is 1. The van der Waals surface area contributed by atoms with Crippen molar-refractivity contribution in [3.8, 4) is 0 Å². The number of esters is 1. The van der Waals surface area contributed by atoms with Crippen LogP contribution in [0.2, 0.25) is 0 Å². The van der Waals surface area contributed by atoms with E-state index in [1.807, 2.05) is 0 Å². The molecule has 1 heterocycles. The van der Waals surface area contributed by atoms with Gasteiger partial charge < -0.3 is 30.0 Å². The number of nitrogens with one attached hydrogen (secondary N) is 2. The minimum atomic E-state index is -1.92. The first-order chi connectivity index (χ1) is 14.4. The Bertz CT molecular complexity index is 738. The lowest BCUT2D eigenvalue weighted by Crippen LogP contribution is -2.60. The molecule has 0 aliphatic carbocycles. The highest BCUT2D eigenvalue weighted by Crippen LogP contribution is 2.35. The van der Waals surface area contributed by atoms with Crippen molar-refractivity contribution in [2.75, 3.05) is 32.6 Å². The van der Waals surface area contributed by atoms with Gasteiger partial charge in [0.2, 0.25) is 16.9 Å². The van der Waals surface area contributed by atoms with Crippen molar-refractivity contribution in [3.05, 3.63) is 12.2 Å². The standard InChI is InChI=1S/C19H28N2O9S/c1-18(2)11-29-19(3,17(26)27)30-15(18)16(25)21-8-7-12(22)20-9-10-31-14(24)6-5-13(23)28-4/h5-6,15H,7-11H2,1-4H3,(H,20,22)(H,21,25)(H,26,27)/b6-5+/t15-,19?/m0/s1. The van der Waals surface area contributed by atoms with Gasteiger partial charge in [-0.1, -0.05) is 25.6 Å². The van der Waals surface area contributed by atoms with Gasteiger partial charge in [-0.2, -0.15) is 0 Å². The number of aliphatic carboxylic acids is 1. The summed E-state index contributed by atoms with van der Waals surface area (Å²) in [6.07, 6.45) is 1.03. The molecule has 2 amide bonds. The maximum Gasteiger partial charge on any atom is 0.364 e. The van der Waals surface area contributed by atoms with Crippen molar-refractivity contribution in [1.29, 1.82) is 0 Å². The van der Waals surface area contributed by atoms with Gasteiger partial charge in [0.1, 0.15) is 6.10 Å². The first kappa shape index (κ1) is 26.6.